The highest BCUT2D eigenvalue weighted by Crippen LogP contribution is 2.29. The molecule has 7 nitrogen and oxygen atoms in total. The number of hydrogen-bond donors (Lipinski definition) is 1. The van der Waals surface area contributed by atoms with Gasteiger partial charge in [0.2, 0.25) is 16.9 Å². The molecule has 1 aliphatic rings. The van der Waals surface area contributed by atoms with Crippen molar-refractivity contribution in [1.82, 2.24) is 15.1 Å². The molecule has 0 atom stereocenters. The third-order valence-corrected chi connectivity index (χ3v) is 7.09. The second-order valence-electron chi connectivity index (χ2n) is 6.88. The standard InChI is InChI=1S/C20H27N5O2S2/c1-3-15(4-2)18(27)24-10-12-25(13-11-24)19-22-23-20(29-19)28-14-17(26)21-16-8-6-5-7-9-16/h5-9,15H,3-4,10-14H2,1-2H3,(H,21,26). The quantitative estimate of drug-likeness (QED) is 0.643. The molecule has 2 heterocycles. The highest BCUT2D eigenvalue weighted by molar-refractivity contribution is 8.01. The lowest BCUT2D eigenvalue weighted by molar-refractivity contribution is -0.136. The minimum Gasteiger partial charge on any atom is -0.343 e. The number of thioether (sulfide) groups is 1. The van der Waals surface area contributed by atoms with Crippen LogP contribution in [0.15, 0.2) is 34.7 Å². The summed E-state index contributed by atoms with van der Waals surface area (Å²) in [5.41, 5.74) is 0.789. The number of nitrogens with zero attached hydrogens (tertiary/aromatic N) is 4. The number of carbonyl (C=O) groups excluding carboxylic acids is 2. The van der Waals surface area contributed by atoms with Crippen molar-refractivity contribution in [2.45, 2.75) is 31.0 Å². The largest absolute Gasteiger partial charge is 0.343 e. The SMILES string of the molecule is CCC(CC)C(=O)N1CCN(c2nnc(SCC(=O)Nc3ccccc3)s2)CC1. The first-order valence-electron chi connectivity index (χ1n) is 9.95. The molecule has 0 spiro atoms. The summed E-state index contributed by atoms with van der Waals surface area (Å²) in [5.74, 6) is 0.633. The lowest BCUT2D eigenvalue weighted by Gasteiger charge is -2.35. The van der Waals surface area contributed by atoms with Crippen molar-refractivity contribution in [1.29, 1.82) is 0 Å². The van der Waals surface area contributed by atoms with Gasteiger partial charge >= 0.3 is 0 Å². The number of aromatic nitrogens is 2. The van der Waals surface area contributed by atoms with Gasteiger partial charge in [0.25, 0.3) is 0 Å². The zero-order chi connectivity index (χ0) is 20.6. The Morgan fingerprint density at radius 2 is 1.79 bits per heavy atom. The van der Waals surface area contributed by atoms with Gasteiger partial charge in [-0.15, -0.1) is 10.2 Å². The summed E-state index contributed by atoms with van der Waals surface area (Å²) in [7, 11) is 0. The maximum Gasteiger partial charge on any atom is 0.234 e. The van der Waals surface area contributed by atoms with Crippen molar-refractivity contribution in [3.8, 4) is 0 Å². The summed E-state index contributed by atoms with van der Waals surface area (Å²) >= 11 is 2.89. The van der Waals surface area contributed by atoms with Crippen LogP contribution in [0.4, 0.5) is 10.8 Å². The van der Waals surface area contributed by atoms with E-state index in [-0.39, 0.29) is 17.7 Å². The predicted molar refractivity (Wildman–Crippen MR) is 119 cm³/mol. The van der Waals surface area contributed by atoms with Gasteiger partial charge in [-0.1, -0.05) is 55.1 Å². The zero-order valence-electron chi connectivity index (χ0n) is 16.8. The topological polar surface area (TPSA) is 78.4 Å². The van der Waals surface area contributed by atoms with E-state index in [1.807, 2.05) is 35.2 Å². The smallest absolute Gasteiger partial charge is 0.234 e. The van der Waals surface area contributed by atoms with Crippen molar-refractivity contribution < 1.29 is 9.59 Å². The Hall–Kier alpha value is -2.13. The van der Waals surface area contributed by atoms with E-state index in [0.29, 0.717) is 5.75 Å². The van der Waals surface area contributed by atoms with E-state index < -0.39 is 0 Å². The molecule has 1 aromatic heterocycles. The van der Waals surface area contributed by atoms with E-state index in [1.165, 1.54) is 23.1 Å². The van der Waals surface area contributed by atoms with Crippen molar-refractivity contribution in [2.24, 2.45) is 5.92 Å². The van der Waals surface area contributed by atoms with Gasteiger partial charge in [0.05, 0.1) is 5.75 Å². The lowest BCUT2D eigenvalue weighted by atomic mass is 10.0. The summed E-state index contributed by atoms with van der Waals surface area (Å²) in [6.07, 6.45) is 1.79. The third-order valence-electron chi connectivity index (χ3n) is 4.98. The van der Waals surface area contributed by atoms with Crippen LogP contribution in [0, 0.1) is 5.92 Å². The van der Waals surface area contributed by atoms with Crippen molar-refractivity contribution >= 4 is 45.7 Å². The molecule has 1 N–H and O–H groups in total. The molecule has 0 bridgehead atoms. The monoisotopic (exact) mass is 433 g/mol. The number of amides is 2. The van der Waals surface area contributed by atoms with Gasteiger partial charge in [0, 0.05) is 37.8 Å². The second-order valence-corrected chi connectivity index (χ2v) is 9.06. The summed E-state index contributed by atoms with van der Waals surface area (Å²) in [4.78, 5) is 28.7. The van der Waals surface area contributed by atoms with E-state index in [9.17, 15) is 9.59 Å². The van der Waals surface area contributed by atoms with Gasteiger partial charge in [0.1, 0.15) is 0 Å². The van der Waals surface area contributed by atoms with Crippen LogP contribution in [0.1, 0.15) is 26.7 Å². The normalized spacial score (nSPS) is 14.3. The Bertz CT molecular complexity index is 802. The van der Waals surface area contributed by atoms with Gasteiger partial charge in [-0.2, -0.15) is 0 Å². The number of hydrogen-bond acceptors (Lipinski definition) is 7. The van der Waals surface area contributed by atoms with E-state index in [0.717, 1.165) is 54.2 Å². The number of benzene rings is 1. The average molecular weight is 434 g/mol. The fourth-order valence-corrected chi connectivity index (χ4v) is 4.94. The fourth-order valence-electron chi connectivity index (χ4n) is 3.25. The summed E-state index contributed by atoms with van der Waals surface area (Å²) in [6, 6.07) is 9.41. The molecule has 29 heavy (non-hydrogen) atoms. The Kier molecular flexibility index (Phi) is 7.88. The molecule has 1 fully saturated rings. The first-order chi connectivity index (χ1) is 14.1. The molecule has 2 aromatic rings. The van der Waals surface area contributed by atoms with Crippen LogP contribution in [0.2, 0.25) is 0 Å². The molecule has 0 aliphatic carbocycles. The van der Waals surface area contributed by atoms with Crippen LogP contribution in [-0.2, 0) is 9.59 Å². The number of para-hydroxylation sites is 1. The van der Waals surface area contributed by atoms with Gasteiger partial charge in [-0.25, -0.2) is 0 Å². The van der Waals surface area contributed by atoms with E-state index in [1.54, 1.807) is 0 Å². The minimum atomic E-state index is -0.0634. The summed E-state index contributed by atoms with van der Waals surface area (Å²) < 4.78 is 0.777. The molecule has 1 aromatic carbocycles. The maximum absolute atomic E-state index is 12.5. The number of anilines is 2. The van der Waals surface area contributed by atoms with Gasteiger partial charge < -0.3 is 15.1 Å². The van der Waals surface area contributed by atoms with E-state index in [2.05, 4.69) is 34.3 Å². The highest BCUT2D eigenvalue weighted by Gasteiger charge is 2.26. The summed E-state index contributed by atoms with van der Waals surface area (Å²) in [5, 5.41) is 12.2. The van der Waals surface area contributed by atoms with E-state index in [4.69, 9.17) is 0 Å². The van der Waals surface area contributed by atoms with Crippen molar-refractivity contribution in [3.05, 3.63) is 30.3 Å². The van der Waals surface area contributed by atoms with Crippen LogP contribution in [0.5, 0.6) is 0 Å². The summed E-state index contributed by atoms with van der Waals surface area (Å²) in [6.45, 7) is 7.11. The lowest BCUT2D eigenvalue weighted by Crippen LogP contribution is -2.50. The Labute approximate surface area is 179 Å². The molecular weight excluding hydrogens is 406 g/mol. The predicted octanol–water partition coefficient (Wildman–Crippen LogP) is 3.35. The van der Waals surface area contributed by atoms with Gasteiger partial charge in [0.15, 0.2) is 4.34 Å². The van der Waals surface area contributed by atoms with Crippen LogP contribution < -0.4 is 10.2 Å². The molecule has 0 radical (unpaired) electrons. The number of carbonyl (C=O) groups is 2. The molecular formula is C20H27N5O2S2. The van der Waals surface area contributed by atoms with E-state index >= 15 is 0 Å². The first-order valence-corrected chi connectivity index (χ1v) is 11.8. The number of piperazine rings is 1. The first kappa shape index (κ1) is 21.6. The molecule has 9 heteroatoms. The highest BCUT2D eigenvalue weighted by atomic mass is 32.2. The Morgan fingerprint density at radius 1 is 1.10 bits per heavy atom. The fraction of sp³-hybridized carbons (Fsp3) is 0.500. The Morgan fingerprint density at radius 3 is 2.45 bits per heavy atom. The molecule has 2 amide bonds. The van der Waals surface area contributed by atoms with Crippen LogP contribution >= 0.6 is 23.1 Å². The molecule has 3 rings (SSSR count). The van der Waals surface area contributed by atoms with Crippen LogP contribution in [0.3, 0.4) is 0 Å². The van der Waals surface area contributed by atoms with Crippen molar-refractivity contribution in [3.63, 3.8) is 0 Å². The van der Waals surface area contributed by atoms with Gasteiger partial charge in [-0.3, -0.25) is 9.59 Å². The van der Waals surface area contributed by atoms with Gasteiger partial charge in [-0.05, 0) is 25.0 Å². The minimum absolute atomic E-state index is 0.0634. The van der Waals surface area contributed by atoms with Crippen LogP contribution in [0.25, 0.3) is 0 Å². The zero-order valence-corrected chi connectivity index (χ0v) is 18.5. The molecule has 0 saturated carbocycles. The average Bonchev–Trinajstić information content (AvgIpc) is 3.23. The maximum atomic E-state index is 12.5. The second kappa shape index (κ2) is 10.6. The van der Waals surface area contributed by atoms with Crippen LogP contribution in [-0.4, -0.2) is 58.8 Å². The molecule has 1 saturated heterocycles. The third kappa shape index (κ3) is 5.93. The Balaban J connectivity index is 1.46. The number of rotatable bonds is 8. The molecule has 156 valence electrons. The molecule has 0 unspecified atom stereocenters. The number of nitrogens with one attached hydrogen (secondary N) is 1. The van der Waals surface area contributed by atoms with Crippen molar-refractivity contribution in [2.75, 3.05) is 42.1 Å². The molecule has 1 aliphatic heterocycles.